The molecule has 58 heavy (non-hydrogen) atoms. The van der Waals surface area contributed by atoms with Gasteiger partial charge in [-0.15, -0.1) is 0 Å². The molecule has 0 spiro atoms. The summed E-state index contributed by atoms with van der Waals surface area (Å²) in [5.41, 5.74) is 10.8. The summed E-state index contributed by atoms with van der Waals surface area (Å²) in [4.78, 5) is 28.2. The molecule has 0 heterocycles. The van der Waals surface area contributed by atoms with E-state index in [9.17, 15) is 9.59 Å². The SMILES string of the molecule is C=CC(=O)Oc1ccc2cc(N(c3ccc(-c4ccc(N(c5ccc(C)cc5)c5ccc(C)cc5)cc4)cc3)c3ccc4cc(OC(=O)C=C)ccc4c3)ccc2c1. The molecule has 0 fully saturated rings. The van der Waals surface area contributed by atoms with E-state index in [1.54, 1.807) is 12.1 Å². The summed E-state index contributed by atoms with van der Waals surface area (Å²) in [5, 5.41) is 3.83. The van der Waals surface area contributed by atoms with Crippen molar-refractivity contribution < 1.29 is 19.1 Å². The fourth-order valence-electron chi connectivity index (χ4n) is 7.03. The maximum absolute atomic E-state index is 11.9. The predicted octanol–water partition coefficient (Wildman–Crippen LogP) is 13.4. The van der Waals surface area contributed by atoms with Gasteiger partial charge in [-0.25, -0.2) is 9.59 Å². The maximum Gasteiger partial charge on any atom is 0.335 e. The minimum atomic E-state index is -0.504. The first kappa shape index (κ1) is 37.2. The van der Waals surface area contributed by atoms with Crippen molar-refractivity contribution >= 4 is 67.6 Å². The first-order chi connectivity index (χ1) is 28.2. The van der Waals surface area contributed by atoms with Crippen LogP contribution in [0.3, 0.4) is 0 Å². The number of esters is 2. The molecule has 0 amide bonds. The van der Waals surface area contributed by atoms with E-state index < -0.39 is 11.9 Å². The van der Waals surface area contributed by atoms with Gasteiger partial charge in [0.25, 0.3) is 0 Å². The van der Waals surface area contributed by atoms with Gasteiger partial charge in [-0.2, -0.15) is 0 Å². The molecule has 0 bridgehead atoms. The Morgan fingerprint density at radius 3 is 1.05 bits per heavy atom. The number of carbonyl (C=O) groups excluding carboxylic acids is 2. The molecule has 8 aromatic carbocycles. The van der Waals surface area contributed by atoms with E-state index in [0.29, 0.717) is 11.5 Å². The van der Waals surface area contributed by atoms with E-state index in [2.05, 4.69) is 158 Å². The molecule has 0 aromatic heterocycles. The molecular formula is C52H40N2O4. The van der Waals surface area contributed by atoms with E-state index in [1.807, 2.05) is 36.4 Å². The van der Waals surface area contributed by atoms with Crippen LogP contribution in [0.25, 0.3) is 32.7 Å². The number of anilines is 6. The molecule has 282 valence electrons. The molecule has 0 radical (unpaired) electrons. The Hall–Kier alpha value is -7.70. The first-order valence-electron chi connectivity index (χ1n) is 18.9. The van der Waals surface area contributed by atoms with E-state index in [1.165, 1.54) is 11.1 Å². The third-order valence-corrected chi connectivity index (χ3v) is 10.0. The van der Waals surface area contributed by atoms with Crippen molar-refractivity contribution in [2.75, 3.05) is 9.80 Å². The van der Waals surface area contributed by atoms with E-state index in [4.69, 9.17) is 9.47 Å². The van der Waals surface area contributed by atoms with Gasteiger partial charge in [0.05, 0.1) is 0 Å². The highest BCUT2D eigenvalue weighted by Gasteiger charge is 2.17. The third-order valence-electron chi connectivity index (χ3n) is 10.0. The van der Waals surface area contributed by atoms with Gasteiger partial charge >= 0.3 is 11.9 Å². The van der Waals surface area contributed by atoms with Crippen LogP contribution >= 0.6 is 0 Å². The summed E-state index contributed by atoms with van der Waals surface area (Å²) in [7, 11) is 0. The Labute approximate surface area is 338 Å². The second-order valence-corrected chi connectivity index (χ2v) is 14.1. The van der Waals surface area contributed by atoms with Crippen LogP contribution in [0.4, 0.5) is 34.1 Å². The van der Waals surface area contributed by atoms with Crippen LogP contribution in [0.2, 0.25) is 0 Å². The third kappa shape index (κ3) is 7.99. The lowest BCUT2D eigenvalue weighted by molar-refractivity contribution is -0.129. The van der Waals surface area contributed by atoms with Crippen LogP contribution in [0, 0.1) is 13.8 Å². The minimum absolute atomic E-state index is 0.455. The van der Waals surface area contributed by atoms with Gasteiger partial charge in [0.1, 0.15) is 11.5 Å². The summed E-state index contributed by atoms with van der Waals surface area (Å²) in [6.45, 7) is 11.2. The molecule has 0 saturated carbocycles. The molecule has 8 aromatic rings. The molecule has 0 aliphatic carbocycles. The Morgan fingerprint density at radius 1 is 0.397 bits per heavy atom. The zero-order valence-electron chi connectivity index (χ0n) is 32.3. The molecule has 0 saturated heterocycles. The standard InChI is InChI=1S/C52H40N2O4/c1-5-51(55)57-49-29-17-39-31-47(27-15-41(39)33-49)54(48-28-16-42-34-50(58-52(56)6-2)30-18-40(42)32-48)46-25-13-38(14-26-46)37-11-23-45(24-12-37)53(43-19-7-35(3)8-20-43)44-21-9-36(4)10-22-44/h5-34H,1-2H2,3-4H3. The highest BCUT2D eigenvalue weighted by Crippen LogP contribution is 2.40. The van der Waals surface area contributed by atoms with Crippen molar-refractivity contribution in [1.82, 2.24) is 0 Å². The average molecular weight is 757 g/mol. The van der Waals surface area contributed by atoms with Gasteiger partial charge in [-0.3, -0.25) is 0 Å². The molecule has 0 aliphatic rings. The molecule has 6 heteroatoms. The normalized spacial score (nSPS) is 10.9. The van der Waals surface area contributed by atoms with Crippen LogP contribution in [0.1, 0.15) is 11.1 Å². The second-order valence-electron chi connectivity index (χ2n) is 14.1. The molecule has 0 N–H and O–H groups in total. The second kappa shape index (κ2) is 16.2. The Bertz CT molecular complexity index is 2660. The number of hydrogen-bond donors (Lipinski definition) is 0. The van der Waals surface area contributed by atoms with Crippen molar-refractivity contribution in [3.63, 3.8) is 0 Å². The van der Waals surface area contributed by atoms with Crippen molar-refractivity contribution in [2.45, 2.75) is 13.8 Å². The van der Waals surface area contributed by atoms with Crippen LogP contribution in [0.5, 0.6) is 11.5 Å². The number of benzene rings is 8. The topological polar surface area (TPSA) is 59.1 Å². The number of hydrogen-bond acceptors (Lipinski definition) is 6. The van der Waals surface area contributed by atoms with Crippen molar-refractivity contribution in [3.05, 3.63) is 206 Å². The summed E-state index contributed by atoms with van der Waals surface area (Å²) in [6.07, 6.45) is 2.30. The number of aryl methyl sites for hydroxylation is 2. The van der Waals surface area contributed by atoms with E-state index in [0.717, 1.165) is 78.9 Å². The van der Waals surface area contributed by atoms with Gasteiger partial charge in [-0.05, 0) is 144 Å². The summed E-state index contributed by atoms with van der Waals surface area (Å²) >= 11 is 0. The number of carbonyl (C=O) groups is 2. The van der Waals surface area contributed by atoms with Crippen LogP contribution < -0.4 is 19.3 Å². The van der Waals surface area contributed by atoms with Gasteiger partial charge in [0.15, 0.2) is 0 Å². The highest BCUT2D eigenvalue weighted by molar-refractivity contribution is 5.94. The lowest BCUT2D eigenvalue weighted by Crippen LogP contribution is -2.10. The fraction of sp³-hybridized carbons (Fsp3) is 0.0385. The lowest BCUT2D eigenvalue weighted by Gasteiger charge is -2.27. The Morgan fingerprint density at radius 2 is 0.690 bits per heavy atom. The molecule has 6 nitrogen and oxygen atoms in total. The zero-order valence-corrected chi connectivity index (χ0v) is 32.3. The van der Waals surface area contributed by atoms with Gasteiger partial charge in [0.2, 0.25) is 0 Å². The van der Waals surface area contributed by atoms with E-state index >= 15 is 0 Å². The van der Waals surface area contributed by atoms with E-state index in [-0.39, 0.29) is 0 Å². The predicted molar refractivity (Wildman–Crippen MR) is 237 cm³/mol. The molecule has 0 aliphatic heterocycles. The van der Waals surface area contributed by atoms with Gasteiger partial charge in [0, 0.05) is 46.3 Å². The van der Waals surface area contributed by atoms with Crippen LogP contribution in [-0.2, 0) is 9.59 Å². The maximum atomic E-state index is 11.9. The quantitative estimate of drug-likeness (QED) is 0.0744. The molecular weight excluding hydrogens is 717 g/mol. The zero-order chi connectivity index (χ0) is 40.2. The lowest BCUT2D eigenvalue weighted by atomic mass is 10.0. The average Bonchev–Trinajstić information content (AvgIpc) is 3.25. The monoisotopic (exact) mass is 756 g/mol. The number of nitrogens with zero attached hydrogens (tertiary/aromatic N) is 2. The summed E-state index contributed by atoms with van der Waals surface area (Å²) in [6, 6.07) is 58.0. The fourth-order valence-corrected chi connectivity index (χ4v) is 7.03. The van der Waals surface area contributed by atoms with Crippen molar-refractivity contribution in [2.24, 2.45) is 0 Å². The summed E-state index contributed by atoms with van der Waals surface area (Å²) in [5.74, 6) is -0.0989. The molecule has 0 unspecified atom stereocenters. The Balaban J connectivity index is 1.14. The Kier molecular flexibility index (Phi) is 10.4. The highest BCUT2D eigenvalue weighted by atomic mass is 16.5. The van der Waals surface area contributed by atoms with Gasteiger partial charge < -0.3 is 19.3 Å². The number of rotatable bonds is 11. The van der Waals surface area contributed by atoms with Crippen molar-refractivity contribution in [3.8, 4) is 22.6 Å². The summed E-state index contributed by atoms with van der Waals surface area (Å²) < 4.78 is 10.8. The number of ether oxygens (including phenoxy) is 2. The first-order valence-corrected chi connectivity index (χ1v) is 18.9. The molecule has 8 rings (SSSR count). The van der Waals surface area contributed by atoms with Crippen LogP contribution in [-0.4, -0.2) is 11.9 Å². The smallest absolute Gasteiger partial charge is 0.335 e. The largest absolute Gasteiger partial charge is 0.423 e. The van der Waals surface area contributed by atoms with Crippen molar-refractivity contribution in [1.29, 1.82) is 0 Å². The van der Waals surface area contributed by atoms with Gasteiger partial charge in [-0.1, -0.05) is 97.1 Å². The molecule has 0 atom stereocenters. The number of fused-ring (bicyclic) bond motifs is 2. The minimum Gasteiger partial charge on any atom is -0.423 e. The van der Waals surface area contributed by atoms with Crippen LogP contribution in [0.15, 0.2) is 195 Å².